The molecule has 1 amide bonds. The van der Waals surface area contributed by atoms with Crippen molar-refractivity contribution in [1.29, 1.82) is 0 Å². The largest absolute Gasteiger partial charge is 0.379 e. The van der Waals surface area contributed by atoms with Gasteiger partial charge < -0.3 is 9.64 Å². The molecule has 0 bridgehead atoms. The van der Waals surface area contributed by atoms with Gasteiger partial charge in [-0.1, -0.05) is 20.8 Å². The fraction of sp³-hybridized carbons (Fsp3) is 0.923. The second-order valence-corrected chi connectivity index (χ2v) is 5.75. The summed E-state index contributed by atoms with van der Waals surface area (Å²) in [7, 11) is 0. The zero-order valence-electron chi connectivity index (χ0n) is 11.3. The number of amides is 1. The highest BCUT2D eigenvalue weighted by Gasteiger charge is 2.50. The number of hydrogen-bond donors (Lipinski definition) is 1. The molecule has 0 saturated carbocycles. The Labute approximate surface area is 104 Å². The molecule has 0 aromatic carbocycles. The first kappa shape index (κ1) is 12.8. The number of nitrogens with one attached hydrogen (secondary N) is 1. The van der Waals surface area contributed by atoms with Gasteiger partial charge >= 0.3 is 0 Å². The lowest BCUT2D eigenvalue weighted by Gasteiger charge is -2.31. The number of carbonyl (C=O) groups is 1. The molecule has 4 heteroatoms. The standard InChI is InChI=1S/C13H24N2O2/c1-5-13(4)12(16)15(10-6-7-17-8-10)11(14-13)9(2)3/h9-11,14H,5-8H2,1-4H3. The van der Waals surface area contributed by atoms with Gasteiger partial charge in [0.05, 0.1) is 24.4 Å². The monoisotopic (exact) mass is 240 g/mol. The Morgan fingerprint density at radius 3 is 2.76 bits per heavy atom. The van der Waals surface area contributed by atoms with E-state index >= 15 is 0 Å². The second-order valence-electron chi connectivity index (χ2n) is 5.75. The smallest absolute Gasteiger partial charge is 0.244 e. The van der Waals surface area contributed by atoms with E-state index in [-0.39, 0.29) is 18.1 Å². The van der Waals surface area contributed by atoms with Crippen molar-refractivity contribution in [2.75, 3.05) is 13.2 Å². The molecule has 3 unspecified atom stereocenters. The van der Waals surface area contributed by atoms with Crippen LogP contribution in [0.25, 0.3) is 0 Å². The van der Waals surface area contributed by atoms with Crippen LogP contribution in [-0.2, 0) is 9.53 Å². The van der Waals surface area contributed by atoms with E-state index in [0.717, 1.165) is 19.4 Å². The first-order valence-corrected chi connectivity index (χ1v) is 6.68. The highest BCUT2D eigenvalue weighted by Crippen LogP contribution is 2.31. The molecule has 2 aliphatic rings. The molecule has 2 saturated heterocycles. The summed E-state index contributed by atoms with van der Waals surface area (Å²) in [6.45, 7) is 9.88. The Bertz CT molecular complexity index is 300. The van der Waals surface area contributed by atoms with Crippen LogP contribution in [0.3, 0.4) is 0 Å². The van der Waals surface area contributed by atoms with Crippen LogP contribution in [0.5, 0.6) is 0 Å². The molecule has 3 atom stereocenters. The highest BCUT2D eigenvalue weighted by molar-refractivity contribution is 5.88. The van der Waals surface area contributed by atoms with Gasteiger partial charge in [-0.25, -0.2) is 0 Å². The van der Waals surface area contributed by atoms with Gasteiger partial charge in [-0.2, -0.15) is 0 Å². The lowest BCUT2D eigenvalue weighted by atomic mass is 9.99. The summed E-state index contributed by atoms with van der Waals surface area (Å²) >= 11 is 0. The van der Waals surface area contributed by atoms with Gasteiger partial charge in [0.15, 0.2) is 0 Å². The Balaban J connectivity index is 2.23. The third-order valence-corrected chi connectivity index (χ3v) is 4.11. The zero-order chi connectivity index (χ0) is 12.6. The van der Waals surface area contributed by atoms with E-state index in [1.54, 1.807) is 0 Å². The van der Waals surface area contributed by atoms with E-state index in [4.69, 9.17) is 4.74 Å². The van der Waals surface area contributed by atoms with Crippen molar-refractivity contribution in [2.45, 2.75) is 58.3 Å². The van der Waals surface area contributed by atoms with Crippen LogP contribution in [0.15, 0.2) is 0 Å². The average Bonchev–Trinajstić information content (AvgIpc) is 2.87. The van der Waals surface area contributed by atoms with Gasteiger partial charge in [-0.05, 0) is 25.7 Å². The fourth-order valence-electron chi connectivity index (χ4n) is 2.74. The minimum atomic E-state index is -0.391. The van der Waals surface area contributed by atoms with Crippen molar-refractivity contribution >= 4 is 5.91 Å². The molecular weight excluding hydrogens is 216 g/mol. The van der Waals surface area contributed by atoms with E-state index in [1.807, 2.05) is 11.8 Å². The van der Waals surface area contributed by atoms with Gasteiger partial charge in [0.1, 0.15) is 0 Å². The minimum absolute atomic E-state index is 0.152. The molecule has 0 aromatic rings. The van der Waals surface area contributed by atoms with Crippen molar-refractivity contribution in [3.63, 3.8) is 0 Å². The number of rotatable bonds is 3. The van der Waals surface area contributed by atoms with E-state index in [2.05, 4.69) is 26.1 Å². The number of nitrogens with zero attached hydrogens (tertiary/aromatic N) is 1. The lowest BCUT2D eigenvalue weighted by Crippen LogP contribution is -2.47. The van der Waals surface area contributed by atoms with Gasteiger partial charge in [0.25, 0.3) is 0 Å². The maximum absolute atomic E-state index is 12.6. The molecule has 17 heavy (non-hydrogen) atoms. The van der Waals surface area contributed by atoms with Crippen LogP contribution in [0.2, 0.25) is 0 Å². The molecule has 0 aliphatic carbocycles. The van der Waals surface area contributed by atoms with Crippen molar-refractivity contribution in [3.05, 3.63) is 0 Å². The number of ether oxygens (including phenoxy) is 1. The molecule has 0 radical (unpaired) electrons. The molecule has 2 heterocycles. The molecule has 2 fully saturated rings. The summed E-state index contributed by atoms with van der Waals surface area (Å²) < 4.78 is 5.43. The van der Waals surface area contributed by atoms with Crippen LogP contribution in [0.4, 0.5) is 0 Å². The van der Waals surface area contributed by atoms with Crippen molar-refractivity contribution < 1.29 is 9.53 Å². The predicted octanol–water partition coefficient (Wildman–Crippen LogP) is 1.36. The SMILES string of the molecule is CCC1(C)NC(C(C)C)N(C2CCOC2)C1=O. The predicted molar refractivity (Wildman–Crippen MR) is 66.5 cm³/mol. The van der Waals surface area contributed by atoms with Crippen LogP contribution >= 0.6 is 0 Å². The van der Waals surface area contributed by atoms with Crippen LogP contribution in [0.1, 0.15) is 40.5 Å². The van der Waals surface area contributed by atoms with E-state index in [0.29, 0.717) is 12.5 Å². The van der Waals surface area contributed by atoms with Gasteiger partial charge in [0, 0.05) is 6.61 Å². The summed E-state index contributed by atoms with van der Waals surface area (Å²) in [4.78, 5) is 14.6. The molecule has 98 valence electrons. The molecule has 4 nitrogen and oxygen atoms in total. The Morgan fingerprint density at radius 1 is 1.59 bits per heavy atom. The molecule has 0 spiro atoms. The van der Waals surface area contributed by atoms with Crippen molar-refractivity contribution in [2.24, 2.45) is 5.92 Å². The first-order chi connectivity index (χ1) is 7.99. The first-order valence-electron chi connectivity index (χ1n) is 6.68. The minimum Gasteiger partial charge on any atom is -0.379 e. The Morgan fingerprint density at radius 2 is 2.29 bits per heavy atom. The quantitative estimate of drug-likeness (QED) is 0.810. The molecule has 2 rings (SSSR count). The third kappa shape index (κ3) is 2.08. The van der Waals surface area contributed by atoms with Gasteiger partial charge in [-0.3, -0.25) is 10.1 Å². The molecule has 1 N–H and O–H groups in total. The van der Waals surface area contributed by atoms with E-state index < -0.39 is 5.54 Å². The maximum Gasteiger partial charge on any atom is 0.244 e. The summed E-state index contributed by atoms with van der Waals surface area (Å²) in [6.07, 6.45) is 1.95. The second kappa shape index (κ2) is 4.58. The zero-order valence-corrected chi connectivity index (χ0v) is 11.3. The third-order valence-electron chi connectivity index (χ3n) is 4.11. The highest BCUT2D eigenvalue weighted by atomic mass is 16.5. The number of carbonyl (C=O) groups excluding carboxylic acids is 1. The molecule has 0 aromatic heterocycles. The normalized spacial score (nSPS) is 38.4. The Hall–Kier alpha value is -0.610. The summed E-state index contributed by atoms with van der Waals surface area (Å²) in [5.74, 6) is 0.669. The van der Waals surface area contributed by atoms with E-state index in [1.165, 1.54) is 0 Å². The molecule has 2 aliphatic heterocycles. The summed E-state index contributed by atoms with van der Waals surface area (Å²) in [5, 5.41) is 3.51. The topological polar surface area (TPSA) is 41.6 Å². The lowest BCUT2D eigenvalue weighted by molar-refractivity contribution is -0.135. The van der Waals surface area contributed by atoms with Crippen LogP contribution in [0, 0.1) is 5.92 Å². The summed E-state index contributed by atoms with van der Waals surface area (Å²) in [5.41, 5.74) is -0.391. The summed E-state index contributed by atoms with van der Waals surface area (Å²) in [6, 6.07) is 0.260. The van der Waals surface area contributed by atoms with Gasteiger partial charge in [-0.15, -0.1) is 0 Å². The van der Waals surface area contributed by atoms with Crippen molar-refractivity contribution in [3.8, 4) is 0 Å². The fourth-order valence-corrected chi connectivity index (χ4v) is 2.74. The van der Waals surface area contributed by atoms with Gasteiger partial charge in [0.2, 0.25) is 5.91 Å². The van der Waals surface area contributed by atoms with Crippen molar-refractivity contribution in [1.82, 2.24) is 10.2 Å². The Kier molecular flexibility index (Phi) is 3.46. The number of hydrogen-bond acceptors (Lipinski definition) is 3. The van der Waals surface area contributed by atoms with Crippen LogP contribution < -0.4 is 5.32 Å². The average molecular weight is 240 g/mol. The molecular formula is C13H24N2O2. The maximum atomic E-state index is 12.6. The van der Waals surface area contributed by atoms with E-state index in [9.17, 15) is 4.79 Å². The van der Waals surface area contributed by atoms with Crippen LogP contribution in [-0.4, -0.2) is 41.8 Å².